The van der Waals surface area contributed by atoms with Gasteiger partial charge in [0.05, 0.1) is 17.3 Å². The zero-order valence-electron chi connectivity index (χ0n) is 13.0. The molecule has 1 fully saturated rings. The van der Waals surface area contributed by atoms with Crippen molar-refractivity contribution in [3.63, 3.8) is 0 Å². The quantitative estimate of drug-likeness (QED) is 0.747. The molecule has 0 amide bonds. The molecular formula is C18H26N2. The van der Waals surface area contributed by atoms with Gasteiger partial charge in [0.25, 0.3) is 0 Å². The zero-order chi connectivity index (χ0) is 14.1. The lowest BCUT2D eigenvalue weighted by atomic mass is 9.95. The van der Waals surface area contributed by atoms with E-state index in [1.54, 1.807) is 0 Å². The van der Waals surface area contributed by atoms with Gasteiger partial charge in [0.2, 0.25) is 0 Å². The van der Waals surface area contributed by atoms with Gasteiger partial charge in [-0.15, -0.1) is 0 Å². The third-order valence-electron chi connectivity index (χ3n) is 4.73. The van der Waals surface area contributed by atoms with Crippen LogP contribution in [0.5, 0.6) is 0 Å². The summed E-state index contributed by atoms with van der Waals surface area (Å²) in [5.74, 6) is 0.583. The number of hydrogen-bond acceptors (Lipinski definition) is 1. The van der Waals surface area contributed by atoms with Gasteiger partial charge >= 0.3 is 0 Å². The van der Waals surface area contributed by atoms with E-state index in [9.17, 15) is 0 Å². The van der Waals surface area contributed by atoms with Crippen LogP contribution < -0.4 is 0 Å². The van der Waals surface area contributed by atoms with E-state index in [1.165, 1.54) is 54.3 Å². The molecule has 2 nitrogen and oxygen atoms in total. The molecule has 1 aliphatic rings. The first-order chi connectivity index (χ1) is 9.70. The van der Waals surface area contributed by atoms with Crippen molar-refractivity contribution in [1.29, 1.82) is 0 Å². The van der Waals surface area contributed by atoms with Gasteiger partial charge in [-0.1, -0.05) is 52.2 Å². The fourth-order valence-corrected chi connectivity index (χ4v) is 3.44. The van der Waals surface area contributed by atoms with E-state index < -0.39 is 0 Å². The number of rotatable bonds is 3. The Hall–Kier alpha value is -1.31. The van der Waals surface area contributed by atoms with Gasteiger partial charge in [-0.3, -0.25) is 4.68 Å². The summed E-state index contributed by atoms with van der Waals surface area (Å²) < 4.78 is 2.35. The molecule has 1 heterocycles. The summed E-state index contributed by atoms with van der Waals surface area (Å²) in [7, 11) is 0. The maximum atomic E-state index is 4.95. The number of hydrogen-bond donors (Lipinski definition) is 0. The van der Waals surface area contributed by atoms with E-state index in [0.717, 1.165) is 6.42 Å². The highest BCUT2D eigenvalue weighted by Gasteiger charge is 2.20. The summed E-state index contributed by atoms with van der Waals surface area (Å²) >= 11 is 0. The highest BCUT2D eigenvalue weighted by atomic mass is 15.3. The standard InChI is InChI=1S/C18H26N2/c1-4-17-16-11-10-14(13(2)3)12-18(16)20(19-17)15-8-6-5-7-9-15/h10-13,15H,4-9H2,1-3H3. The molecule has 0 saturated heterocycles. The molecule has 0 bridgehead atoms. The Bertz CT molecular complexity index is 589. The minimum absolute atomic E-state index is 0.583. The Morgan fingerprint density at radius 1 is 1.20 bits per heavy atom. The summed E-state index contributed by atoms with van der Waals surface area (Å²) in [4.78, 5) is 0. The molecule has 0 atom stereocenters. The average molecular weight is 270 g/mol. The number of aromatic nitrogens is 2. The molecule has 1 aliphatic carbocycles. The van der Waals surface area contributed by atoms with Crippen LogP contribution in [-0.4, -0.2) is 9.78 Å². The molecule has 20 heavy (non-hydrogen) atoms. The topological polar surface area (TPSA) is 17.8 Å². The van der Waals surface area contributed by atoms with Crippen molar-refractivity contribution < 1.29 is 0 Å². The first-order valence-electron chi connectivity index (χ1n) is 8.21. The van der Waals surface area contributed by atoms with Gasteiger partial charge in [0, 0.05) is 5.39 Å². The van der Waals surface area contributed by atoms with Crippen LogP contribution in [0.1, 0.15) is 76.1 Å². The van der Waals surface area contributed by atoms with Crippen LogP contribution in [0.2, 0.25) is 0 Å². The summed E-state index contributed by atoms with van der Waals surface area (Å²) in [5, 5.41) is 6.31. The minimum Gasteiger partial charge on any atom is -0.262 e. The Labute approximate surface area is 122 Å². The lowest BCUT2D eigenvalue weighted by Gasteiger charge is -2.23. The van der Waals surface area contributed by atoms with Gasteiger partial charge in [0.15, 0.2) is 0 Å². The Morgan fingerprint density at radius 2 is 1.95 bits per heavy atom. The first kappa shape index (κ1) is 13.7. The van der Waals surface area contributed by atoms with Gasteiger partial charge in [-0.05, 0) is 36.8 Å². The van der Waals surface area contributed by atoms with Crippen molar-refractivity contribution in [2.75, 3.05) is 0 Å². The zero-order valence-corrected chi connectivity index (χ0v) is 13.0. The second kappa shape index (κ2) is 5.59. The van der Waals surface area contributed by atoms with E-state index >= 15 is 0 Å². The van der Waals surface area contributed by atoms with E-state index in [2.05, 4.69) is 43.7 Å². The van der Waals surface area contributed by atoms with Crippen LogP contribution in [-0.2, 0) is 6.42 Å². The Morgan fingerprint density at radius 3 is 2.60 bits per heavy atom. The minimum atomic E-state index is 0.583. The Kier molecular flexibility index (Phi) is 3.82. The number of nitrogens with zero attached hydrogens (tertiary/aromatic N) is 2. The molecule has 0 unspecified atom stereocenters. The molecule has 2 heteroatoms. The lowest BCUT2D eigenvalue weighted by Crippen LogP contribution is -2.14. The normalized spacial score (nSPS) is 17.2. The van der Waals surface area contributed by atoms with E-state index in [-0.39, 0.29) is 0 Å². The van der Waals surface area contributed by atoms with E-state index in [0.29, 0.717) is 12.0 Å². The van der Waals surface area contributed by atoms with E-state index in [4.69, 9.17) is 5.10 Å². The van der Waals surface area contributed by atoms with Crippen LogP contribution in [0.4, 0.5) is 0 Å². The van der Waals surface area contributed by atoms with Crippen molar-refractivity contribution in [3.05, 3.63) is 29.5 Å². The fraction of sp³-hybridized carbons (Fsp3) is 0.611. The van der Waals surface area contributed by atoms with Crippen molar-refractivity contribution in [2.24, 2.45) is 0 Å². The maximum Gasteiger partial charge on any atom is 0.0700 e. The van der Waals surface area contributed by atoms with Gasteiger partial charge in [-0.25, -0.2) is 0 Å². The molecule has 0 aliphatic heterocycles. The maximum absolute atomic E-state index is 4.95. The number of benzene rings is 1. The predicted octanol–water partition coefficient (Wildman–Crippen LogP) is 5.23. The lowest BCUT2D eigenvalue weighted by molar-refractivity contribution is 0.336. The van der Waals surface area contributed by atoms with Crippen LogP contribution in [0.15, 0.2) is 18.2 Å². The van der Waals surface area contributed by atoms with E-state index in [1.807, 2.05) is 0 Å². The van der Waals surface area contributed by atoms with Crippen molar-refractivity contribution in [1.82, 2.24) is 9.78 Å². The molecule has 0 N–H and O–H groups in total. The van der Waals surface area contributed by atoms with Crippen LogP contribution in [0.25, 0.3) is 10.9 Å². The summed E-state index contributed by atoms with van der Waals surface area (Å²) in [6.07, 6.45) is 7.73. The third-order valence-corrected chi connectivity index (χ3v) is 4.73. The van der Waals surface area contributed by atoms with Crippen molar-refractivity contribution in [3.8, 4) is 0 Å². The molecule has 0 radical (unpaired) electrons. The predicted molar refractivity (Wildman–Crippen MR) is 85.3 cm³/mol. The van der Waals surface area contributed by atoms with Gasteiger partial charge in [0.1, 0.15) is 0 Å². The molecule has 1 aromatic carbocycles. The second-order valence-electron chi connectivity index (χ2n) is 6.47. The summed E-state index contributed by atoms with van der Waals surface area (Å²) in [5.41, 5.74) is 4.05. The van der Waals surface area contributed by atoms with Crippen molar-refractivity contribution in [2.45, 2.75) is 71.3 Å². The largest absolute Gasteiger partial charge is 0.262 e. The molecule has 1 saturated carbocycles. The second-order valence-corrected chi connectivity index (χ2v) is 6.47. The molecule has 3 rings (SSSR count). The first-order valence-corrected chi connectivity index (χ1v) is 8.21. The Balaban J connectivity index is 2.11. The van der Waals surface area contributed by atoms with Crippen LogP contribution in [0, 0.1) is 0 Å². The fourth-order valence-electron chi connectivity index (χ4n) is 3.44. The molecular weight excluding hydrogens is 244 g/mol. The smallest absolute Gasteiger partial charge is 0.0700 e. The average Bonchev–Trinajstić information content (AvgIpc) is 2.86. The molecule has 1 aromatic heterocycles. The van der Waals surface area contributed by atoms with Crippen LogP contribution in [0.3, 0.4) is 0 Å². The summed E-state index contributed by atoms with van der Waals surface area (Å²) in [6, 6.07) is 7.56. The van der Waals surface area contributed by atoms with Gasteiger partial charge < -0.3 is 0 Å². The monoisotopic (exact) mass is 270 g/mol. The highest BCUT2D eigenvalue weighted by molar-refractivity contribution is 5.83. The molecule has 108 valence electrons. The highest BCUT2D eigenvalue weighted by Crippen LogP contribution is 2.33. The number of fused-ring (bicyclic) bond motifs is 1. The number of aryl methyl sites for hydroxylation is 1. The van der Waals surface area contributed by atoms with Crippen molar-refractivity contribution >= 4 is 10.9 Å². The van der Waals surface area contributed by atoms with Gasteiger partial charge in [-0.2, -0.15) is 5.10 Å². The molecule has 2 aromatic rings. The molecule has 0 spiro atoms. The SMILES string of the molecule is CCc1nn(C2CCCCC2)c2cc(C(C)C)ccc12. The summed E-state index contributed by atoms with van der Waals surface area (Å²) in [6.45, 7) is 6.75. The third kappa shape index (κ3) is 2.36. The van der Waals surface area contributed by atoms with Crippen LogP contribution >= 0.6 is 0 Å².